The summed E-state index contributed by atoms with van der Waals surface area (Å²) in [7, 11) is -2.20. The van der Waals surface area contributed by atoms with Crippen molar-refractivity contribution in [1.29, 1.82) is 0 Å². The lowest BCUT2D eigenvalue weighted by atomic mass is 10.1. The standard InChI is InChI=1S/C15H16N2O5S/c1-21-12-4-2-3-10(7-12)13-8-14(13)15(18)17-23(19,20)9-11-5-6-22-16-11/h2-7,13-14H,8-9H2,1H3,(H,17,18)/t13-,14-/m0/s1. The molecular formula is C15H16N2O5S. The van der Waals surface area contributed by atoms with E-state index in [2.05, 4.69) is 14.4 Å². The molecule has 7 nitrogen and oxygen atoms in total. The molecule has 1 saturated carbocycles. The van der Waals surface area contributed by atoms with Crippen LogP contribution >= 0.6 is 0 Å². The first-order chi connectivity index (χ1) is 11.0. The van der Waals surface area contributed by atoms with Gasteiger partial charge >= 0.3 is 0 Å². The fourth-order valence-electron chi connectivity index (χ4n) is 2.50. The van der Waals surface area contributed by atoms with Crippen molar-refractivity contribution in [2.24, 2.45) is 5.92 Å². The molecule has 1 aromatic carbocycles. The number of rotatable bonds is 6. The summed E-state index contributed by atoms with van der Waals surface area (Å²) in [4.78, 5) is 12.1. The highest BCUT2D eigenvalue weighted by molar-refractivity contribution is 7.89. The van der Waals surface area contributed by atoms with Gasteiger partial charge in [-0.2, -0.15) is 0 Å². The largest absolute Gasteiger partial charge is 0.497 e. The molecule has 1 aliphatic carbocycles. The van der Waals surface area contributed by atoms with Crippen LogP contribution in [0.15, 0.2) is 41.1 Å². The van der Waals surface area contributed by atoms with Gasteiger partial charge in [-0.3, -0.25) is 9.52 Å². The molecule has 8 heteroatoms. The van der Waals surface area contributed by atoms with Gasteiger partial charge in [-0.05, 0) is 30.0 Å². The van der Waals surface area contributed by atoms with Crippen LogP contribution in [0.25, 0.3) is 0 Å². The van der Waals surface area contributed by atoms with E-state index in [4.69, 9.17) is 4.74 Å². The number of hydrogen-bond acceptors (Lipinski definition) is 6. The maximum Gasteiger partial charge on any atom is 0.240 e. The molecule has 1 aromatic heterocycles. The summed E-state index contributed by atoms with van der Waals surface area (Å²) in [6.45, 7) is 0. The summed E-state index contributed by atoms with van der Waals surface area (Å²) in [5.74, 6) is -0.471. The molecule has 0 spiro atoms. The van der Waals surface area contributed by atoms with E-state index in [1.807, 2.05) is 24.3 Å². The van der Waals surface area contributed by atoms with Gasteiger partial charge in [0.15, 0.2) is 0 Å². The van der Waals surface area contributed by atoms with Crippen molar-refractivity contribution in [3.8, 4) is 5.75 Å². The van der Waals surface area contributed by atoms with Crippen molar-refractivity contribution in [1.82, 2.24) is 9.88 Å². The number of hydrogen-bond donors (Lipinski definition) is 1. The minimum Gasteiger partial charge on any atom is -0.497 e. The van der Waals surface area contributed by atoms with E-state index in [0.29, 0.717) is 12.2 Å². The van der Waals surface area contributed by atoms with E-state index in [1.165, 1.54) is 12.3 Å². The van der Waals surface area contributed by atoms with E-state index in [1.54, 1.807) is 7.11 Å². The van der Waals surface area contributed by atoms with E-state index >= 15 is 0 Å². The lowest BCUT2D eigenvalue weighted by Crippen LogP contribution is -2.33. The molecule has 23 heavy (non-hydrogen) atoms. The van der Waals surface area contributed by atoms with Crippen LogP contribution in [0.3, 0.4) is 0 Å². The minimum absolute atomic E-state index is 0.0207. The fourth-order valence-corrected chi connectivity index (χ4v) is 3.57. The van der Waals surface area contributed by atoms with Crippen LogP contribution in [-0.2, 0) is 20.6 Å². The van der Waals surface area contributed by atoms with Gasteiger partial charge < -0.3 is 9.26 Å². The highest BCUT2D eigenvalue weighted by Gasteiger charge is 2.45. The van der Waals surface area contributed by atoms with E-state index in [0.717, 1.165) is 5.56 Å². The zero-order valence-electron chi connectivity index (χ0n) is 12.4. The zero-order chi connectivity index (χ0) is 16.4. The summed E-state index contributed by atoms with van der Waals surface area (Å²) in [5, 5.41) is 3.53. The minimum atomic E-state index is -3.77. The third kappa shape index (κ3) is 3.70. The van der Waals surface area contributed by atoms with E-state index in [-0.39, 0.29) is 23.3 Å². The molecule has 1 aliphatic rings. The molecule has 2 atom stereocenters. The monoisotopic (exact) mass is 336 g/mol. The topological polar surface area (TPSA) is 98.5 Å². The second-order valence-corrected chi connectivity index (χ2v) is 7.16. The summed E-state index contributed by atoms with van der Waals surface area (Å²) in [6.07, 6.45) is 1.91. The van der Waals surface area contributed by atoms with Crippen LogP contribution in [0.4, 0.5) is 0 Å². The number of carbonyl (C=O) groups excluding carboxylic acids is 1. The third-order valence-corrected chi connectivity index (χ3v) is 4.92. The number of carbonyl (C=O) groups is 1. The number of amides is 1. The van der Waals surface area contributed by atoms with Crippen LogP contribution < -0.4 is 9.46 Å². The van der Waals surface area contributed by atoms with Gasteiger partial charge in [0.05, 0.1) is 7.11 Å². The van der Waals surface area contributed by atoms with Gasteiger partial charge in [0.25, 0.3) is 0 Å². The smallest absolute Gasteiger partial charge is 0.240 e. The van der Waals surface area contributed by atoms with Gasteiger partial charge in [0, 0.05) is 12.0 Å². The lowest BCUT2D eigenvalue weighted by Gasteiger charge is -2.06. The van der Waals surface area contributed by atoms with E-state index in [9.17, 15) is 13.2 Å². The van der Waals surface area contributed by atoms with Crippen LogP contribution in [0, 0.1) is 5.92 Å². The predicted octanol–water partition coefficient (Wildman–Crippen LogP) is 1.43. The van der Waals surface area contributed by atoms with Gasteiger partial charge in [-0.15, -0.1) is 0 Å². The summed E-state index contributed by atoms with van der Waals surface area (Å²) >= 11 is 0. The van der Waals surface area contributed by atoms with Crippen molar-refractivity contribution in [3.05, 3.63) is 47.9 Å². The van der Waals surface area contributed by atoms with Gasteiger partial charge in [-0.25, -0.2) is 8.42 Å². The highest BCUT2D eigenvalue weighted by atomic mass is 32.2. The maximum absolute atomic E-state index is 12.1. The average molecular weight is 336 g/mol. The Morgan fingerprint density at radius 3 is 2.96 bits per heavy atom. The molecule has 122 valence electrons. The Balaban J connectivity index is 1.61. The second kappa shape index (κ2) is 6.04. The summed E-state index contributed by atoms with van der Waals surface area (Å²) in [5.41, 5.74) is 1.23. The van der Waals surface area contributed by atoms with Crippen molar-refractivity contribution in [2.45, 2.75) is 18.1 Å². The molecule has 0 saturated heterocycles. The SMILES string of the molecule is COc1cccc([C@@H]2C[C@@H]2C(=O)NS(=O)(=O)Cc2ccon2)c1. The van der Waals surface area contributed by atoms with Gasteiger partial charge in [0.1, 0.15) is 23.5 Å². The summed E-state index contributed by atoms with van der Waals surface area (Å²) < 4.78 is 35.7. The first kappa shape index (κ1) is 15.5. The van der Waals surface area contributed by atoms with E-state index < -0.39 is 15.9 Å². The first-order valence-electron chi connectivity index (χ1n) is 7.06. The molecule has 0 aliphatic heterocycles. The van der Waals surface area contributed by atoms with Gasteiger partial charge in [0.2, 0.25) is 15.9 Å². The van der Waals surface area contributed by atoms with Crippen LogP contribution in [-0.4, -0.2) is 26.6 Å². The Bertz CT molecular complexity index is 801. The quantitative estimate of drug-likeness (QED) is 0.857. The molecule has 2 aromatic rings. The predicted molar refractivity (Wildman–Crippen MR) is 81.1 cm³/mol. The molecular weight excluding hydrogens is 320 g/mol. The number of nitrogens with one attached hydrogen (secondary N) is 1. The second-order valence-electron chi connectivity index (χ2n) is 5.44. The number of nitrogens with zero attached hydrogens (tertiary/aromatic N) is 1. The fraction of sp³-hybridized carbons (Fsp3) is 0.333. The zero-order valence-corrected chi connectivity index (χ0v) is 13.2. The molecule has 0 unspecified atom stereocenters. The van der Waals surface area contributed by atoms with Crippen molar-refractivity contribution in [3.63, 3.8) is 0 Å². The normalized spacial score (nSPS) is 20.0. The molecule has 1 N–H and O–H groups in total. The van der Waals surface area contributed by atoms with Crippen LogP contribution in [0.1, 0.15) is 23.6 Å². The molecule has 1 amide bonds. The number of sulfonamides is 1. The van der Waals surface area contributed by atoms with Crippen LogP contribution in [0.5, 0.6) is 5.75 Å². The molecule has 1 heterocycles. The van der Waals surface area contributed by atoms with Crippen molar-refractivity contribution in [2.75, 3.05) is 7.11 Å². The molecule has 3 rings (SSSR count). The number of methoxy groups -OCH3 is 1. The lowest BCUT2D eigenvalue weighted by molar-refractivity contribution is -0.120. The Morgan fingerprint density at radius 2 is 2.26 bits per heavy atom. The highest BCUT2D eigenvalue weighted by Crippen LogP contribution is 2.48. The number of aromatic nitrogens is 1. The number of ether oxygens (including phenoxy) is 1. The number of benzene rings is 1. The summed E-state index contributed by atoms with van der Waals surface area (Å²) in [6, 6.07) is 8.89. The Kier molecular flexibility index (Phi) is 4.08. The third-order valence-electron chi connectivity index (χ3n) is 3.73. The molecule has 0 bridgehead atoms. The average Bonchev–Trinajstić information content (AvgIpc) is 3.18. The Labute approximate surface area is 133 Å². The molecule has 1 fully saturated rings. The Morgan fingerprint density at radius 1 is 1.43 bits per heavy atom. The van der Waals surface area contributed by atoms with Crippen LogP contribution in [0.2, 0.25) is 0 Å². The first-order valence-corrected chi connectivity index (χ1v) is 8.71. The molecule has 0 radical (unpaired) electrons. The van der Waals surface area contributed by atoms with Crippen molar-refractivity contribution >= 4 is 15.9 Å². The maximum atomic E-state index is 12.1. The van der Waals surface area contributed by atoms with Gasteiger partial charge in [-0.1, -0.05) is 17.3 Å². The van der Waals surface area contributed by atoms with Crippen molar-refractivity contribution < 1.29 is 22.5 Å². The Hall–Kier alpha value is -2.35.